The summed E-state index contributed by atoms with van der Waals surface area (Å²) in [6, 6.07) is 9.25. The fourth-order valence-electron chi connectivity index (χ4n) is 2.53. The van der Waals surface area contributed by atoms with Gasteiger partial charge in [0.15, 0.2) is 0 Å². The van der Waals surface area contributed by atoms with Gasteiger partial charge in [0.05, 0.1) is 18.6 Å². The summed E-state index contributed by atoms with van der Waals surface area (Å²) in [6.45, 7) is 0.419. The third kappa shape index (κ3) is 3.25. The van der Waals surface area contributed by atoms with E-state index in [2.05, 4.69) is 4.98 Å². The van der Waals surface area contributed by atoms with Crippen LogP contribution < -0.4 is 5.56 Å². The molecule has 1 aliphatic heterocycles. The predicted octanol–water partition coefficient (Wildman–Crippen LogP) is 1.14. The van der Waals surface area contributed by atoms with Crippen LogP contribution in [0, 0.1) is 0 Å². The van der Waals surface area contributed by atoms with Gasteiger partial charge in [0.1, 0.15) is 0 Å². The van der Waals surface area contributed by atoms with Crippen LogP contribution >= 0.6 is 0 Å². The molecule has 1 aromatic carbocycles. The zero-order valence-electron chi connectivity index (χ0n) is 12.7. The Labute approximate surface area is 134 Å². The first kappa shape index (κ1) is 15.6. The molecule has 0 amide bonds. The molecule has 0 saturated heterocycles. The minimum atomic E-state index is -3.54. The van der Waals surface area contributed by atoms with Crippen LogP contribution in [-0.4, -0.2) is 28.8 Å². The molecule has 23 heavy (non-hydrogen) atoms. The molecular weight excluding hydrogens is 314 g/mol. The Hall–Kier alpha value is -2.25. The minimum absolute atomic E-state index is 0.105. The highest BCUT2D eigenvalue weighted by Crippen LogP contribution is 2.18. The lowest BCUT2D eigenvalue weighted by molar-refractivity contribution is 0.387. The van der Waals surface area contributed by atoms with Crippen molar-refractivity contribution in [3.8, 4) is 0 Å². The number of aryl methyl sites for hydroxylation is 1. The van der Waals surface area contributed by atoms with E-state index in [-0.39, 0.29) is 18.6 Å². The standard InChI is InChI=1S/C16H17N3O3S/c1-18-12-17-15-11-19(9-7-14(15)16(18)20)23(21,22)10-8-13-5-3-2-4-6-13/h2-6,8,10,12H,7,9,11H2,1H3/b10-8+. The van der Waals surface area contributed by atoms with E-state index in [0.717, 1.165) is 5.56 Å². The lowest BCUT2D eigenvalue weighted by Gasteiger charge is -2.25. The molecule has 0 atom stereocenters. The van der Waals surface area contributed by atoms with Crippen molar-refractivity contribution in [3.63, 3.8) is 0 Å². The van der Waals surface area contributed by atoms with Crippen molar-refractivity contribution in [1.29, 1.82) is 0 Å². The molecule has 0 fully saturated rings. The summed E-state index contributed by atoms with van der Waals surface area (Å²) in [6.07, 6.45) is 3.38. The molecule has 0 N–H and O–H groups in total. The van der Waals surface area contributed by atoms with Crippen LogP contribution in [0.2, 0.25) is 0 Å². The second-order valence-corrected chi connectivity index (χ2v) is 7.25. The van der Waals surface area contributed by atoms with Gasteiger partial charge in [0.2, 0.25) is 10.0 Å². The van der Waals surface area contributed by atoms with Gasteiger partial charge in [-0.3, -0.25) is 4.79 Å². The monoisotopic (exact) mass is 331 g/mol. The number of nitrogens with zero attached hydrogens (tertiary/aromatic N) is 3. The first-order valence-corrected chi connectivity index (χ1v) is 8.74. The van der Waals surface area contributed by atoms with E-state index in [0.29, 0.717) is 17.7 Å². The summed E-state index contributed by atoms with van der Waals surface area (Å²) in [5, 5.41) is 1.20. The van der Waals surface area contributed by atoms with E-state index in [1.165, 1.54) is 20.6 Å². The van der Waals surface area contributed by atoms with Gasteiger partial charge in [-0.05, 0) is 18.1 Å². The smallest absolute Gasteiger partial charge is 0.256 e. The maximum absolute atomic E-state index is 12.4. The number of benzene rings is 1. The van der Waals surface area contributed by atoms with E-state index in [4.69, 9.17) is 0 Å². The van der Waals surface area contributed by atoms with Crippen molar-refractivity contribution in [2.45, 2.75) is 13.0 Å². The SMILES string of the molecule is Cn1cnc2c(c1=O)CCN(S(=O)(=O)/C=C/c1ccccc1)C2. The van der Waals surface area contributed by atoms with Crippen LogP contribution in [0.3, 0.4) is 0 Å². The van der Waals surface area contributed by atoms with Gasteiger partial charge < -0.3 is 4.57 Å². The fourth-order valence-corrected chi connectivity index (χ4v) is 3.67. The highest BCUT2D eigenvalue weighted by atomic mass is 32.2. The van der Waals surface area contributed by atoms with E-state index in [9.17, 15) is 13.2 Å². The van der Waals surface area contributed by atoms with Crippen LogP contribution in [0.25, 0.3) is 6.08 Å². The van der Waals surface area contributed by atoms with Crippen molar-refractivity contribution in [3.05, 3.63) is 69.2 Å². The van der Waals surface area contributed by atoms with Crippen LogP contribution in [0.15, 0.2) is 46.9 Å². The van der Waals surface area contributed by atoms with Crippen molar-refractivity contribution < 1.29 is 8.42 Å². The quantitative estimate of drug-likeness (QED) is 0.845. The van der Waals surface area contributed by atoms with Gasteiger partial charge in [-0.1, -0.05) is 30.3 Å². The Bertz CT molecular complexity index is 902. The highest BCUT2D eigenvalue weighted by Gasteiger charge is 2.27. The third-order valence-electron chi connectivity index (χ3n) is 3.84. The molecule has 0 unspecified atom stereocenters. The minimum Gasteiger partial charge on any atom is -0.302 e. The zero-order valence-corrected chi connectivity index (χ0v) is 13.5. The Balaban J connectivity index is 1.84. The summed E-state index contributed by atoms with van der Waals surface area (Å²) < 4.78 is 27.7. The molecule has 0 bridgehead atoms. The molecule has 3 rings (SSSR count). The summed E-state index contributed by atoms with van der Waals surface area (Å²) >= 11 is 0. The highest BCUT2D eigenvalue weighted by molar-refractivity contribution is 7.92. The van der Waals surface area contributed by atoms with Gasteiger partial charge in [0, 0.05) is 24.6 Å². The number of aromatic nitrogens is 2. The van der Waals surface area contributed by atoms with Gasteiger partial charge in [-0.15, -0.1) is 0 Å². The number of fused-ring (bicyclic) bond motifs is 1. The molecular formula is C16H17N3O3S. The lowest BCUT2D eigenvalue weighted by atomic mass is 10.1. The maximum Gasteiger partial charge on any atom is 0.256 e. The predicted molar refractivity (Wildman–Crippen MR) is 88.0 cm³/mol. The van der Waals surface area contributed by atoms with E-state index >= 15 is 0 Å². The summed E-state index contributed by atoms with van der Waals surface area (Å²) in [5.41, 5.74) is 1.86. The van der Waals surface area contributed by atoms with E-state index in [1.807, 2.05) is 30.3 Å². The molecule has 0 radical (unpaired) electrons. The fraction of sp³-hybridized carbons (Fsp3) is 0.250. The molecule has 120 valence electrons. The van der Waals surface area contributed by atoms with Crippen molar-refractivity contribution >= 4 is 16.1 Å². The Kier molecular flexibility index (Phi) is 4.14. The summed E-state index contributed by atoms with van der Waals surface area (Å²) in [4.78, 5) is 16.2. The average molecular weight is 331 g/mol. The van der Waals surface area contributed by atoms with Gasteiger partial charge in [-0.25, -0.2) is 13.4 Å². The van der Waals surface area contributed by atoms with Crippen LogP contribution in [0.1, 0.15) is 16.8 Å². The molecule has 0 aliphatic carbocycles. The summed E-state index contributed by atoms with van der Waals surface area (Å²) in [5.74, 6) is 0. The number of hydrogen-bond acceptors (Lipinski definition) is 4. The second-order valence-electron chi connectivity index (χ2n) is 5.43. The molecule has 0 saturated carbocycles. The Morgan fingerprint density at radius 3 is 2.70 bits per heavy atom. The topological polar surface area (TPSA) is 72.3 Å². The molecule has 6 nitrogen and oxygen atoms in total. The number of hydrogen-bond donors (Lipinski definition) is 0. The molecule has 7 heteroatoms. The molecule has 0 spiro atoms. The van der Waals surface area contributed by atoms with Crippen LogP contribution in [0.5, 0.6) is 0 Å². The van der Waals surface area contributed by atoms with E-state index < -0.39 is 10.0 Å². The Morgan fingerprint density at radius 1 is 1.22 bits per heavy atom. The second kappa shape index (κ2) is 6.10. The normalized spacial score (nSPS) is 15.7. The van der Waals surface area contributed by atoms with Gasteiger partial charge >= 0.3 is 0 Å². The van der Waals surface area contributed by atoms with Crippen molar-refractivity contribution in [1.82, 2.24) is 13.9 Å². The first-order valence-electron chi connectivity index (χ1n) is 7.24. The van der Waals surface area contributed by atoms with E-state index in [1.54, 1.807) is 13.1 Å². The summed E-state index contributed by atoms with van der Waals surface area (Å²) in [7, 11) is -1.90. The number of sulfonamides is 1. The molecule has 1 aliphatic rings. The average Bonchev–Trinajstić information content (AvgIpc) is 2.57. The molecule has 2 heterocycles. The zero-order chi connectivity index (χ0) is 16.4. The van der Waals surface area contributed by atoms with Gasteiger partial charge in [-0.2, -0.15) is 4.31 Å². The van der Waals surface area contributed by atoms with Crippen LogP contribution in [0.4, 0.5) is 0 Å². The number of rotatable bonds is 3. The lowest BCUT2D eigenvalue weighted by Crippen LogP contribution is -2.39. The third-order valence-corrected chi connectivity index (χ3v) is 5.35. The van der Waals surface area contributed by atoms with Crippen LogP contribution in [-0.2, 0) is 30.0 Å². The van der Waals surface area contributed by atoms with Crippen molar-refractivity contribution in [2.75, 3.05) is 6.54 Å². The first-order chi connectivity index (χ1) is 11.0. The van der Waals surface area contributed by atoms with Crippen molar-refractivity contribution in [2.24, 2.45) is 7.05 Å². The molecule has 2 aromatic rings. The maximum atomic E-state index is 12.4. The largest absolute Gasteiger partial charge is 0.302 e. The Morgan fingerprint density at radius 2 is 1.96 bits per heavy atom. The molecule has 1 aromatic heterocycles. The van der Waals surface area contributed by atoms with Gasteiger partial charge in [0.25, 0.3) is 5.56 Å².